The Bertz CT molecular complexity index is 1230. The number of hydrogen-bond donors (Lipinski definition) is 1. The van der Waals surface area contributed by atoms with Crippen molar-refractivity contribution in [3.05, 3.63) is 59.3 Å². The predicted octanol–water partition coefficient (Wildman–Crippen LogP) is 4.91. The van der Waals surface area contributed by atoms with E-state index in [0.717, 1.165) is 36.0 Å². The predicted molar refractivity (Wildman–Crippen MR) is 132 cm³/mol. The molecule has 0 aliphatic carbocycles. The summed E-state index contributed by atoms with van der Waals surface area (Å²) in [5, 5.41) is 4.21. The van der Waals surface area contributed by atoms with Crippen LogP contribution in [0.1, 0.15) is 66.9 Å². The molecule has 6 nitrogen and oxygen atoms in total. The summed E-state index contributed by atoms with van der Waals surface area (Å²) in [4.78, 5) is 33.2. The molecule has 1 fully saturated rings. The summed E-state index contributed by atoms with van der Waals surface area (Å²) in [6, 6.07) is 6.38. The Hall–Kier alpha value is -3.06. The average Bonchev–Trinajstić information content (AvgIpc) is 3.10. The summed E-state index contributed by atoms with van der Waals surface area (Å²) in [5.74, 6) is -0.655. The summed E-state index contributed by atoms with van der Waals surface area (Å²) < 4.78 is 16.3. The fourth-order valence-corrected chi connectivity index (χ4v) is 5.23. The number of aromatic nitrogens is 2. The third-order valence-corrected chi connectivity index (χ3v) is 6.90. The molecule has 0 spiro atoms. The van der Waals surface area contributed by atoms with Gasteiger partial charge in [0.15, 0.2) is 5.78 Å². The molecule has 0 unspecified atom stereocenters. The second-order valence-corrected chi connectivity index (χ2v) is 9.48. The van der Waals surface area contributed by atoms with Crippen molar-refractivity contribution in [1.29, 1.82) is 0 Å². The van der Waals surface area contributed by atoms with Gasteiger partial charge in [-0.25, -0.2) is 4.39 Å². The minimum atomic E-state index is -0.473. The van der Waals surface area contributed by atoms with Crippen LogP contribution >= 0.6 is 0 Å². The third-order valence-electron chi connectivity index (χ3n) is 6.90. The van der Waals surface area contributed by atoms with Gasteiger partial charge in [0, 0.05) is 47.4 Å². The molecular weight excluding hydrogens is 431 g/mol. The maximum absolute atomic E-state index is 14.4. The lowest BCUT2D eigenvalue weighted by molar-refractivity contribution is 0.0716. The number of amides is 1. The highest BCUT2D eigenvalue weighted by molar-refractivity contribution is 6.11. The monoisotopic (exact) mass is 464 g/mol. The van der Waals surface area contributed by atoms with E-state index in [-0.39, 0.29) is 35.3 Å². The van der Waals surface area contributed by atoms with Crippen molar-refractivity contribution in [2.45, 2.75) is 59.5 Å². The van der Waals surface area contributed by atoms with Crippen LogP contribution in [0.2, 0.25) is 0 Å². The van der Waals surface area contributed by atoms with Crippen molar-refractivity contribution in [2.75, 3.05) is 13.1 Å². The molecule has 1 aromatic carbocycles. The van der Waals surface area contributed by atoms with Crippen molar-refractivity contribution >= 4 is 22.6 Å². The van der Waals surface area contributed by atoms with Crippen molar-refractivity contribution in [1.82, 2.24) is 19.8 Å². The van der Waals surface area contributed by atoms with Gasteiger partial charge in [-0.3, -0.25) is 14.6 Å². The van der Waals surface area contributed by atoms with E-state index in [4.69, 9.17) is 0 Å². The molecular formula is C27H33FN4O2. The molecule has 1 N–H and O–H groups in total. The zero-order valence-electron chi connectivity index (χ0n) is 20.6. The molecule has 7 heteroatoms. The number of carbonyl (C=O) groups is 2. The van der Waals surface area contributed by atoms with Gasteiger partial charge in [-0.15, -0.1) is 0 Å². The van der Waals surface area contributed by atoms with Crippen LogP contribution in [0.3, 0.4) is 0 Å². The van der Waals surface area contributed by atoms with Gasteiger partial charge in [-0.2, -0.15) is 0 Å². The summed E-state index contributed by atoms with van der Waals surface area (Å²) in [6.07, 6.45) is 4.97. The zero-order valence-corrected chi connectivity index (χ0v) is 20.6. The Morgan fingerprint density at radius 3 is 2.74 bits per heavy atom. The number of fused-ring (bicyclic) bond motifs is 1. The van der Waals surface area contributed by atoms with Crippen molar-refractivity contribution in [3.63, 3.8) is 0 Å². The molecule has 1 aliphatic heterocycles. The molecule has 4 rings (SSSR count). The number of Topliss-reactive ketones (excluding diaryl/α,β-unsaturated/α-hetero) is 1. The van der Waals surface area contributed by atoms with Crippen LogP contribution in [-0.4, -0.2) is 51.3 Å². The molecule has 2 atom stereocenters. The van der Waals surface area contributed by atoms with E-state index < -0.39 is 5.82 Å². The Morgan fingerprint density at radius 2 is 2.06 bits per heavy atom. The number of benzene rings is 1. The van der Waals surface area contributed by atoms with E-state index in [2.05, 4.69) is 17.2 Å². The number of nitrogens with zero attached hydrogens (tertiary/aromatic N) is 3. The first-order chi connectivity index (χ1) is 16.2. The number of rotatable bonds is 6. The number of pyridine rings is 1. The van der Waals surface area contributed by atoms with Crippen LogP contribution in [0.4, 0.5) is 4.39 Å². The summed E-state index contributed by atoms with van der Waals surface area (Å²) in [6.45, 7) is 11.1. The highest BCUT2D eigenvalue weighted by Crippen LogP contribution is 2.34. The second kappa shape index (κ2) is 9.66. The molecule has 1 amide bonds. The lowest BCUT2D eigenvalue weighted by Crippen LogP contribution is -2.38. The first-order valence-electron chi connectivity index (χ1n) is 12.1. The number of carbonyl (C=O) groups excluding carboxylic acids is 2. The summed E-state index contributed by atoms with van der Waals surface area (Å²) in [5.41, 5.74) is 2.97. The standard InChI is InChI=1S/C27H33FN4O2/c1-6-31(16(2)3)27(34)22-14-20(28)7-8-23(22)32-18(5)25(21-10-11-29-15-24(21)32)26(33)19-9-12-30-17(4)13-19/h7-8,10-11,14-17,19,30H,6,9,12-13H2,1-5H3/t17-,19+/m0/s1. The van der Waals surface area contributed by atoms with Gasteiger partial charge in [0.05, 0.1) is 23.0 Å². The van der Waals surface area contributed by atoms with Crippen LogP contribution in [0, 0.1) is 18.7 Å². The Labute approximate surface area is 200 Å². The van der Waals surface area contributed by atoms with Crippen molar-refractivity contribution in [3.8, 4) is 5.69 Å². The Balaban J connectivity index is 1.91. The van der Waals surface area contributed by atoms with Crippen LogP contribution in [0.25, 0.3) is 16.6 Å². The van der Waals surface area contributed by atoms with Gasteiger partial charge < -0.3 is 14.8 Å². The highest BCUT2D eigenvalue weighted by Gasteiger charge is 2.31. The molecule has 1 saturated heterocycles. The molecule has 3 aromatic rings. The zero-order chi connectivity index (χ0) is 24.6. The third kappa shape index (κ3) is 4.25. The topological polar surface area (TPSA) is 67.2 Å². The maximum Gasteiger partial charge on any atom is 0.256 e. The largest absolute Gasteiger partial charge is 0.336 e. The van der Waals surface area contributed by atoms with Crippen LogP contribution < -0.4 is 5.32 Å². The van der Waals surface area contributed by atoms with E-state index in [9.17, 15) is 14.0 Å². The molecule has 0 bridgehead atoms. The minimum Gasteiger partial charge on any atom is -0.336 e. The van der Waals surface area contributed by atoms with Gasteiger partial charge in [-0.05, 0) is 78.3 Å². The number of hydrogen-bond acceptors (Lipinski definition) is 4. The molecule has 2 aromatic heterocycles. The molecule has 34 heavy (non-hydrogen) atoms. The molecule has 0 saturated carbocycles. The van der Waals surface area contributed by atoms with E-state index in [1.807, 2.05) is 38.3 Å². The minimum absolute atomic E-state index is 0.0307. The fourth-order valence-electron chi connectivity index (χ4n) is 5.23. The van der Waals surface area contributed by atoms with Crippen molar-refractivity contribution in [2.24, 2.45) is 5.92 Å². The molecule has 0 radical (unpaired) electrons. The molecule has 1 aliphatic rings. The van der Waals surface area contributed by atoms with Gasteiger partial charge in [-0.1, -0.05) is 0 Å². The van der Waals surface area contributed by atoms with Gasteiger partial charge in [0.2, 0.25) is 0 Å². The SMILES string of the molecule is CCN(C(=O)c1cc(F)ccc1-n1c(C)c(C(=O)[C@@H]2CCN[C@@H](C)C2)c2ccncc21)C(C)C. The first-order valence-corrected chi connectivity index (χ1v) is 12.1. The number of nitrogens with one attached hydrogen (secondary N) is 1. The van der Waals surface area contributed by atoms with E-state index in [1.165, 1.54) is 12.1 Å². The Morgan fingerprint density at radius 1 is 1.29 bits per heavy atom. The second-order valence-electron chi connectivity index (χ2n) is 9.48. The van der Waals surface area contributed by atoms with Gasteiger partial charge in [0.25, 0.3) is 5.91 Å². The lowest BCUT2D eigenvalue weighted by atomic mass is 9.86. The van der Waals surface area contributed by atoms with Crippen LogP contribution in [0.5, 0.6) is 0 Å². The Kier molecular flexibility index (Phi) is 6.84. The van der Waals surface area contributed by atoms with E-state index in [0.29, 0.717) is 17.8 Å². The van der Waals surface area contributed by atoms with Crippen LogP contribution in [0.15, 0.2) is 36.7 Å². The lowest BCUT2D eigenvalue weighted by Gasteiger charge is -2.27. The smallest absolute Gasteiger partial charge is 0.256 e. The van der Waals surface area contributed by atoms with Gasteiger partial charge in [0.1, 0.15) is 5.82 Å². The quantitative estimate of drug-likeness (QED) is 0.526. The fraction of sp³-hybridized carbons (Fsp3) is 0.444. The van der Waals surface area contributed by atoms with E-state index >= 15 is 0 Å². The first kappa shape index (κ1) is 24.1. The number of ketones is 1. The van der Waals surface area contributed by atoms with Crippen molar-refractivity contribution < 1.29 is 14.0 Å². The summed E-state index contributed by atoms with van der Waals surface area (Å²) in [7, 11) is 0. The number of piperidine rings is 1. The number of halogens is 1. The summed E-state index contributed by atoms with van der Waals surface area (Å²) >= 11 is 0. The average molecular weight is 465 g/mol. The normalized spacial score (nSPS) is 18.4. The highest BCUT2D eigenvalue weighted by atomic mass is 19.1. The molecule has 180 valence electrons. The maximum atomic E-state index is 14.4. The van der Waals surface area contributed by atoms with E-state index in [1.54, 1.807) is 23.4 Å². The van der Waals surface area contributed by atoms with Crippen LogP contribution in [-0.2, 0) is 0 Å². The molecule has 3 heterocycles. The van der Waals surface area contributed by atoms with Gasteiger partial charge >= 0.3 is 0 Å².